The summed E-state index contributed by atoms with van der Waals surface area (Å²) in [5.74, 6) is -0.586. The molecule has 0 saturated carbocycles. The Hall–Kier alpha value is -2.50. The molecule has 0 fully saturated rings. The fourth-order valence-electron chi connectivity index (χ4n) is 2.99. The average Bonchev–Trinajstić information content (AvgIpc) is 2.70. The van der Waals surface area contributed by atoms with Crippen LogP contribution in [0.2, 0.25) is 0 Å². The van der Waals surface area contributed by atoms with Gasteiger partial charge in [-0.05, 0) is 62.3 Å². The summed E-state index contributed by atoms with van der Waals surface area (Å²) < 4.78 is 50.4. The highest BCUT2D eigenvalue weighted by atomic mass is 19.4. The van der Waals surface area contributed by atoms with Crippen LogP contribution in [0, 0.1) is 0 Å². The molecule has 0 atom stereocenters. The van der Waals surface area contributed by atoms with Crippen molar-refractivity contribution in [2.75, 3.05) is 13.2 Å². The van der Waals surface area contributed by atoms with Crippen LogP contribution in [-0.4, -0.2) is 19.2 Å². The zero-order chi connectivity index (χ0) is 21.1. The molecule has 0 radical (unpaired) electrons. The van der Waals surface area contributed by atoms with Gasteiger partial charge < -0.3 is 9.47 Å². The third-order valence-electron chi connectivity index (χ3n) is 4.48. The van der Waals surface area contributed by atoms with Crippen LogP contribution < -0.4 is 4.74 Å². The maximum absolute atomic E-state index is 13.4. The Morgan fingerprint density at radius 3 is 2.38 bits per heavy atom. The molecule has 0 aromatic heterocycles. The van der Waals surface area contributed by atoms with Crippen molar-refractivity contribution in [1.29, 1.82) is 0 Å². The SMILES string of the molecule is CCOC(=O)CCc1ccc(OCCCCCc2ccccc2)c(C(F)(F)F)c1. The first-order valence-corrected chi connectivity index (χ1v) is 9.92. The third-order valence-corrected chi connectivity index (χ3v) is 4.48. The van der Waals surface area contributed by atoms with Gasteiger partial charge in [0.2, 0.25) is 0 Å². The van der Waals surface area contributed by atoms with Gasteiger partial charge in [-0.15, -0.1) is 0 Å². The van der Waals surface area contributed by atoms with Gasteiger partial charge in [-0.25, -0.2) is 0 Å². The first kappa shape index (κ1) is 22.8. The summed E-state index contributed by atoms with van der Waals surface area (Å²) >= 11 is 0. The Morgan fingerprint density at radius 2 is 1.69 bits per heavy atom. The summed E-state index contributed by atoms with van der Waals surface area (Å²) in [5, 5.41) is 0. The van der Waals surface area contributed by atoms with Crippen molar-refractivity contribution < 1.29 is 27.4 Å². The average molecular weight is 408 g/mol. The normalized spacial score (nSPS) is 11.3. The molecule has 2 aromatic carbocycles. The maximum atomic E-state index is 13.4. The van der Waals surface area contributed by atoms with Gasteiger partial charge >= 0.3 is 12.1 Å². The van der Waals surface area contributed by atoms with E-state index in [1.54, 1.807) is 13.0 Å². The predicted octanol–water partition coefficient (Wildman–Crippen LogP) is 5.99. The molecule has 0 heterocycles. The van der Waals surface area contributed by atoms with E-state index < -0.39 is 17.7 Å². The minimum Gasteiger partial charge on any atom is -0.493 e. The van der Waals surface area contributed by atoms with Crippen LogP contribution in [0.15, 0.2) is 48.5 Å². The highest BCUT2D eigenvalue weighted by Crippen LogP contribution is 2.37. The van der Waals surface area contributed by atoms with E-state index in [2.05, 4.69) is 12.1 Å². The number of hydrogen-bond donors (Lipinski definition) is 0. The van der Waals surface area contributed by atoms with E-state index in [1.807, 2.05) is 18.2 Å². The van der Waals surface area contributed by atoms with Crippen LogP contribution in [0.5, 0.6) is 5.75 Å². The van der Waals surface area contributed by atoms with Gasteiger partial charge in [0.25, 0.3) is 0 Å². The Balaban J connectivity index is 1.84. The lowest BCUT2D eigenvalue weighted by Gasteiger charge is -2.15. The number of ether oxygens (including phenoxy) is 2. The monoisotopic (exact) mass is 408 g/mol. The summed E-state index contributed by atoms with van der Waals surface area (Å²) in [6, 6.07) is 14.1. The van der Waals surface area contributed by atoms with Gasteiger partial charge in [0, 0.05) is 6.42 Å². The molecular weight excluding hydrogens is 381 g/mol. The second kappa shape index (κ2) is 11.5. The number of hydrogen-bond acceptors (Lipinski definition) is 3. The largest absolute Gasteiger partial charge is 0.493 e. The molecule has 0 unspecified atom stereocenters. The molecule has 0 saturated heterocycles. The maximum Gasteiger partial charge on any atom is 0.419 e. The van der Waals surface area contributed by atoms with Crippen molar-refractivity contribution in [2.24, 2.45) is 0 Å². The first-order valence-electron chi connectivity index (χ1n) is 9.92. The van der Waals surface area contributed by atoms with Gasteiger partial charge in [0.1, 0.15) is 5.75 Å². The molecule has 0 aliphatic heterocycles. The van der Waals surface area contributed by atoms with Gasteiger partial charge in [-0.3, -0.25) is 4.79 Å². The molecule has 158 valence electrons. The molecule has 2 rings (SSSR count). The molecule has 3 nitrogen and oxygen atoms in total. The molecular formula is C23H27F3O3. The quantitative estimate of drug-likeness (QED) is 0.338. The van der Waals surface area contributed by atoms with E-state index in [9.17, 15) is 18.0 Å². The van der Waals surface area contributed by atoms with Crippen LogP contribution in [-0.2, 0) is 28.5 Å². The zero-order valence-electron chi connectivity index (χ0n) is 16.6. The van der Waals surface area contributed by atoms with Crippen molar-refractivity contribution in [1.82, 2.24) is 0 Å². The van der Waals surface area contributed by atoms with Gasteiger partial charge in [-0.1, -0.05) is 36.4 Å². The van der Waals surface area contributed by atoms with E-state index in [4.69, 9.17) is 9.47 Å². The Bertz CT molecular complexity index is 758. The summed E-state index contributed by atoms with van der Waals surface area (Å²) in [6.45, 7) is 2.18. The molecule has 0 N–H and O–H groups in total. The highest BCUT2D eigenvalue weighted by molar-refractivity contribution is 5.69. The topological polar surface area (TPSA) is 35.5 Å². The van der Waals surface area contributed by atoms with Crippen LogP contribution >= 0.6 is 0 Å². The lowest BCUT2D eigenvalue weighted by Crippen LogP contribution is -2.11. The summed E-state index contributed by atoms with van der Waals surface area (Å²) in [7, 11) is 0. The van der Waals surface area contributed by atoms with Crippen LogP contribution in [0.25, 0.3) is 0 Å². The van der Waals surface area contributed by atoms with Crippen LogP contribution in [0.1, 0.15) is 49.3 Å². The predicted molar refractivity (Wildman–Crippen MR) is 106 cm³/mol. The minimum absolute atomic E-state index is 0.0484. The lowest BCUT2D eigenvalue weighted by atomic mass is 10.0. The number of benzene rings is 2. The van der Waals surface area contributed by atoms with E-state index >= 15 is 0 Å². The van der Waals surface area contributed by atoms with Crippen molar-refractivity contribution in [3.63, 3.8) is 0 Å². The molecule has 0 bridgehead atoms. The van der Waals surface area contributed by atoms with Crippen molar-refractivity contribution in [3.05, 3.63) is 65.2 Å². The lowest BCUT2D eigenvalue weighted by molar-refractivity contribution is -0.143. The molecule has 2 aromatic rings. The fourth-order valence-corrected chi connectivity index (χ4v) is 2.99. The number of carbonyl (C=O) groups excluding carboxylic acids is 1. The van der Waals surface area contributed by atoms with Crippen LogP contribution in [0.4, 0.5) is 13.2 Å². The van der Waals surface area contributed by atoms with Crippen molar-refractivity contribution in [3.8, 4) is 5.75 Å². The van der Waals surface area contributed by atoms with E-state index in [-0.39, 0.29) is 31.8 Å². The summed E-state index contributed by atoms with van der Waals surface area (Å²) in [4.78, 5) is 11.4. The number of aryl methyl sites for hydroxylation is 2. The molecule has 0 aliphatic carbocycles. The second-order valence-corrected chi connectivity index (χ2v) is 6.78. The number of halogens is 3. The van der Waals surface area contributed by atoms with Gasteiger partial charge in [0.05, 0.1) is 18.8 Å². The number of carbonyl (C=O) groups is 1. The number of esters is 1. The van der Waals surface area contributed by atoms with Crippen molar-refractivity contribution in [2.45, 2.75) is 51.6 Å². The smallest absolute Gasteiger partial charge is 0.419 e. The number of alkyl halides is 3. The zero-order valence-corrected chi connectivity index (χ0v) is 16.6. The minimum atomic E-state index is -4.51. The van der Waals surface area contributed by atoms with E-state index in [0.29, 0.717) is 12.0 Å². The summed E-state index contributed by atoms with van der Waals surface area (Å²) in [5.41, 5.74) is 0.884. The number of rotatable bonds is 11. The fraction of sp³-hybridized carbons (Fsp3) is 0.435. The van der Waals surface area contributed by atoms with E-state index in [1.165, 1.54) is 11.6 Å². The van der Waals surface area contributed by atoms with Crippen LogP contribution in [0.3, 0.4) is 0 Å². The van der Waals surface area contributed by atoms with E-state index in [0.717, 1.165) is 25.3 Å². The van der Waals surface area contributed by atoms with Crippen molar-refractivity contribution >= 4 is 5.97 Å². The molecule has 0 spiro atoms. The summed E-state index contributed by atoms with van der Waals surface area (Å²) in [6.07, 6.45) is -0.782. The third kappa shape index (κ3) is 8.18. The molecule has 29 heavy (non-hydrogen) atoms. The Kier molecular flexibility index (Phi) is 9.03. The molecule has 6 heteroatoms. The molecule has 0 aliphatic rings. The first-order chi connectivity index (χ1) is 13.9. The second-order valence-electron chi connectivity index (χ2n) is 6.78. The van der Waals surface area contributed by atoms with Gasteiger partial charge in [-0.2, -0.15) is 13.2 Å². The highest BCUT2D eigenvalue weighted by Gasteiger charge is 2.34. The standard InChI is InChI=1S/C23H27F3O3/c1-2-28-22(27)15-13-19-12-14-21(20(17-19)23(24,25)26)29-16-8-4-7-11-18-9-5-3-6-10-18/h3,5-6,9-10,12,14,17H,2,4,7-8,11,13,15-16H2,1H3. The molecule has 0 amide bonds. The Labute approximate surface area is 169 Å². The Morgan fingerprint density at radius 1 is 0.931 bits per heavy atom. The van der Waals surface area contributed by atoms with Gasteiger partial charge in [0.15, 0.2) is 0 Å². The number of unbranched alkanes of at least 4 members (excludes halogenated alkanes) is 2.